The first-order valence-electron chi connectivity index (χ1n) is 6.40. The fourth-order valence-electron chi connectivity index (χ4n) is 2.63. The number of aromatic hydroxyl groups is 1. The van der Waals surface area contributed by atoms with E-state index in [9.17, 15) is 15.0 Å². The van der Waals surface area contributed by atoms with Crippen LogP contribution in [0, 0.1) is 5.41 Å². The molecule has 1 aromatic rings. The fraction of sp³-hybridized carbons (Fsp3) is 0.500. The van der Waals surface area contributed by atoms with E-state index < -0.39 is 11.4 Å². The number of hydrogen-bond acceptors (Lipinski definition) is 3. The molecule has 1 saturated heterocycles. The summed E-state index contributed by atoms with van der Waals surface area (Å²) in [6.45, 7) is 3.69. The Kier molecular flexibility index (Phi) is 4.02. The highest BCUT2D eigenvalue weighted by atomic mass is 35.5. The minimum atomic E-state index is -0.729. The molecule has 2 N–H and O–H groups in total. The van der Waals surface area contributed by atoms with Crippen molar-refractivity contribution >= 4 is 17.6 Å². The van der Waals surface area contributed by atoms with Crippen LogP contribution in [0.1, 0.15) is 25.3 Å². The summed E-state index contributed by atoms with van der Waals surface area (Å²) < 4.78 is 0. The van der Waals surface area contributed by atoms with Gasteiger partial charge in [0.05, 0.1) is 5.41 Å². The third-order valence-electron chi connectivity index (χ3n) is 4.00. The van der Waals surface area contributed by atoms with E-state index in [2.05, 4.69) is 4.90 Å². The zero-order chi connectivity index (χ0) is 14.0. The van der Waals surface area contributed by atoms with E-state index in [1.165, 1.54) is 0 Å². The lowest BCUT2D eigenvalue weighted by Crippen LogP contribution is -2.33. The first kappa shape index (κ1) is 14.2. The topological polar surface area (TPSA) is 60.8 Å². The molecular formula is C14H18ClNO3. The number of carbonyl (C=O) groups is 1. The van der Waals surface area contributed by atoms with Crippen molar-refractivity contribution in [3.05, 3.63) is 28.8 Å². The maximum absolute atomic E-state index is 11.4. The normalized spacial score (nSPS) is 23.7. The quantitative estimate of drug-likeness (QED) is 0.892. The lowest BCUT2D eigenvalue weighted by Gasteiger charge is -2.23. The molecule has 0 amide bonds. The monoisotopic (exact) mass is 283 g/mol. The minimum absolute atomic E-state index is 0.203. The number of phenols is 1. The van der Waals surface area contributed by atoms with Crippen molar-refractivity contribution in [1.82, 2.24) is 4.90 Å². The van der Waals surface area contributed by atoms with Crippen molar-refractivity contribution < 1.29 is 15.0 Å². The summed E-state index contributed by atoms with van der Waals surface area (Å²) in [7, 11) is 0. The SMILES string of the molecule is CCC1(C(=O)O)CCN(Cc2cc(Cl)ccc2O)C1. The van der Waals surface area contributed by atoms with Crippen LogP contribution in [0.3, 0.4) is 0 Å². The van der Waals surface area contributed by atoms with Gasteiger partial charge < -0.3 is 10.2 Å². The molecule has 2 rings (SSSR count). The van der Waals surface area contributed by atoms with Crippen molar-refractivity contribution in [3.8, 4) is 5.75 Å². The molecule has 0 aliphatic carbocycles. The molecule has 5 heteroatoms. The van der Waals surface area contributed by atoms with Crippen LogP contribution in [0.25, 0.3) is 0 Å². The molecule has 4 nitrogen and oxygen atoms in total. The Hall–Kier alpha value is -1.26. The van der Waals surface area contributed by atoms with Gasteiger partial charge in [-0.05, 0) is 37.6 Å². The predicted molar refractivity (Wildman–Crippen MR) is 73.4 cm³/mol. The van der Waals surface area contributed by atoms with Crippen LogP contribution in [0.5, 0.6) is 5.75 Å². The number of rotatable bonds is 4. The largest absolute Gasteiger partial charge is 0.508 e. The molecule has 0 saturated carbocycles. The standard InChI is InChI=1S/C14H18ClNO3/c1-2-14(13(18)19)5-6-16(9-14)8-10-7-11(15)3-4-12(10)17/h3-4,7,17H,2,5-6,8-9H2,1H3,(H,18,19). The molecule has 1 aromatic carbocycles. The Labute approximate surface area is 117 Å². The van der Waals surface area contributed by atoms with E-state index >= 15 is 0 Å². The van der Waals surface area contributed by atoms with Gasteiger partial charge in [0.1, 0.15) is 5.75 Å². The molecule has 1 aliphatic rings. The van der Waals surface area contributed by atoms with E-state index in [-0.39, 0.29) is 5.75 Å². The van der Waals surface area contributed by atoms with Crippen LogP contribution in [-0.4, -0.2) is 34.2 Å². The number of benzene rings is 1. The second-order valence-electron chi connectivity index (χ2n) is 5.17. The van der Waals surface area contributed by atoms with Gasteiger partial charge >= 0.3 is 5.97 Å². The summed E-state index contributed by atoms with van der Waals surface area (Å²) in [5.74, 6) is -0.526. The van der Waals surface area contributed by atoms with Crippen molar-refractivity contribution in [1.29, 1.82) is 0 Å². The number of phenolic OH excluding ortho intramolecular Hbond substituents is 1. The van der Waals surface area contributed by atoms with E-state index in [0.29, 0.717) is 31.0 Å². The number of carboxylic acid groups (broad SMARTS) is 1. The van der Waals surface area contributed by atoms with Gasteiger partial charge in [-0.1, -0.05) is 18.5 Å². The van der Waals surface area contributed by atoms with Gasteiger partial charge in [0.15, 0.2) is 0 Å². The van der Waals surface area contributed by atoms with E-state index in [1.807, 2.05) is 6.92 Å². The van der Waals surface area contributed by atoms with Crippen LogP contribution in [0.15, 0.2) is 18.2 Å². The molecule has 19 heavy (non-hydrogen) atoms. The second kappa shape index (κ2) is 5.39. The predicted octanol–water partition coefficient (Wildman–Crippen LogP) is 2.73. The van der Waals surface area contributed by atoms with Crippen molar-refractivity contribution in [2.45, 2.75) is 26.3 Å². The summed E-state index contributed by atoms with van der Waals surface area (Å²) in [6, 6.07) is 4.93. The number of likely N-dealkylation sites (tertiary alicyclic amines) is 1. The highest BCUT2D eigenvalue weighted by Crippen LogP contribution is 2.35. The van der Waals surface area contributed by atoms with Crippen LogP contribution in [0.4, 0.5) is 0 Å². The van der Waals surface area contributed by atoms with Gasteiger partial charge in [-0.3, -0.25) is 9.69 Å². The molecular weight excluding hydrogens is 266 g/mol. The lowest BCUT2D eigenvalue weighted by molar-refractivity contribution is -0.148. The van der Waals surface area contributed by atoms with Crippen LogP contribution in [0.2, 0.25) is 5.02 Å². The highest BCUT2D eigenvalue weighted by molar-refractivity contribution is 6.30. The fourth-order valence-corrected chi connectivity index (χ4v) is 2.82. The molecule has 1 aliphatic heterocycles. The van der Waals surface area contributed by atoms with E-state index in [4.69, 9.17) is 11.6 Å². The zero-order valence-corrected chi connectivity index (χ0v) is 11.7. The smallest absolute Gasteiger partial charge is 0.310 e. The van der Waals surface area contributed by atoms with E-state index in [1.54, 1.807) is 18.2 Å². The van der Waals surface area contributed by atoms with Gasteiger partial charge in [-0.15, -0.1) is 0 Å². The summed E-state index contributed by atoms with van der Waals surface area (Å²) >= 11 is 5.91. The third kappa shape index (κ3) is 2.85. The number of hydrogen-bond donors (Lipinski definition) is 2. The summed E-state index contributed by atoms with van der Waals surface area (Å²) in [6.07, 6.45) is 1.28. The Bertz CT molecular complexity index is 492. The maximum Gasteiger partial charge on any atom is 0.310 e. The van der Waals surface area contributed by atoms with Gasteiger partial charge in [0.25, 0.3) is 0 Å². The summed E-state index contributed by atoms with van der Waals surface area (Å²) in [4.78, 5) is 13.4. The third-order valence-corrected chi connectivity index (χ3v) is 4.23. The Morgan fingerprint density at radius 3 is 2.84 bits per heavy atom. The average molecular weight is 284 g/mol. The summed E-state index contributed by atoms with van der Waals surface area (Å²) in [5.41, 5.74) is 0.0959. The molecule has 0 bridgehead atoms. The number of nitrogens with zero attached hydrogens (tertiary/aromatic N) is 1. The van der Waals surface area contributed by atoms with Crippen molar-refractivity contribution in [3.63, 3.8) is 0 Å². The molecule has 0 spiro atoms. The Morgan fingerprint density at radius 1 is 1.53 bits per heavy atom. The van der Waals surface area contributed by atoms with Gasteiger partial charge in [-0.25, -0.2) is 0 Å². The molecule has 1 fully saturated rings. The Balaban J connectivity index is 2.10. The number of carboxylic acids is 1. The zero-order valence-electron chi connectivity index (χ0n) is 10.9. The Morgan fingerprint density at radius 2 is 2.26 bits per heavy atom. The molecule has 1 heterocycles. The van der Waals surface area contributed by atoms with Gasteiger partial charge in [-0.2, -0.15) is 0 Å². The second-order valence-corrected chi connectivity index (χ2v) is 5.61. The van der Waals surface area contributed by atoms with E-state index in [0.717, 1.165) is 12.1 Å². The van der Waals surface area contributed by atoms with Crippen molar-refractivity contribution in [2.75, 3.05) is 13.1 Å². The number of aliphatic carboxylic acids is 1. The highest BCUT2D eigenvalue weighted by Gasteiger charge is 2.43. The molecule has 104 valence electrons. The first-order chi connectivity index (χ1) is 8.97. The molecule has 1 atom stereocenters. The minimum Gasteiger partial charge on any atom is -0.508 e. The van der Waals surface area contributed by atoms with Gasteiger partial charge in [0, 0.05) is 23.7 Å². The lowest BCUT2D eigenvalue weighted by atomic mass is 9.84. The van der Waals surface area contributed by atoms with Gasteiger partial charge in [0.2, 0.25) is 0 Å². The average Bonchev–Trinajstić information content (AvgIpc) is 2.79. The molecule has 1 unspecified atom stereocenters. The summed E-state index contributed by atoms with van der Waals surface area (Å²) in [5, 5.41) is 19.7. The number of halogens is 1. The maximum atomic E-state index is 11.4. The first-order valence-corrected chi connectivity index (χ1v) is 6.78. The van der Waals surface area contributed by atoms with Crippen LogP contribution >= 0.6 is 11.6 Å². The van der Waals surface area contributed by atoms with Crippen molar-refractivity contribution in [2.24, 2.45) is 5.41 Å². The molecule has 0 radical (unpaired) electrons. The van der Waals surface area contributed by atoms with Crippen LogP contribution in [-0.2, 0) is 11.3 Å². The van der Waals surface area contributed by atoms with Crippen LogP contribution < -0.4 is 0 Å². The molecule has 0 aromatic heterocycles.